The molecule has 0 aromatic heterocycles. The zero-order chi connectivity index (χ0) is 16.0. The Morgan fingerprint density at radius 2 is 2.09 bits per heavy atom. The minimum absolute atomic E-state index is 0.0700. The molecule has 0 radical (unpaired) electrons. The van der Waals surface area contributed by atoms with E-state index in [1.165, 1.54) is 0 Å². The van der Waals surface area contributed by atoms with Gasteiger partial charge >= 0.3 is 0 Å². The van der Waals surface area contributed by atoms with Crippen molar-refractivity contribution in [2.45, 2.75) is 20.3 Å². The molecule has 1 aromatic rings. The zero-order valence-corrected chi connectivity index (χ0v) is 13.9. The fourth-order valence-corrected chi connectivity index (χ4v) is 4.51. The van der Waals surface area contributed by atoms with Crippen molar-refractivity contribution in [2.24, 2.45) is 16.7 Å². The third-order valence-corrected chi connectivity index (χ3v) is 5.61. The summed E-state index contributed by atoms with van der Waals surface area (Å²) in [5.74, 6) is 0.498. The van der Waals surface area contributed by atoms with Crippen LogP contribution in [0.3, 0.4) is 0 Å². The summed E-state index contributed by atoms with van der Waals surface area (Å²) >= 11 is 5.85. The molecule has 1 aliphatic carbocycles. The molecule has 3 rings (SSSR count). The summed E-state index contributed by atoms with van der Waals surface area (Å²) in [6.45, 7) is 6.34. The number of hydrogen-bond acceptors (Lipinski definition) is 3. The maximum absolute atomic E-state index is 12.4. The van der Waals surface area contributed by atoms with Gasteiger partial charge in [-0.1, -0.05) is 25.4 Å². The average Bonchev–Trinajstić information content (AvgIpc) is 2.82. The van der Waals surface area contributed by atoms with E-state index >= 15 is 0 Å². The lowest BCUT2D eigenvalue weighted by Gasteiger charge is -2.55. The number of anilines is 1. The monoisotopic (exact) mass is 322 g/mol. The van der Waals surface area contributed by atoms with Crippen molar-refractivity contribution in [1.29, 1.82) is 0 Å². The number of carbonyl (C=O) groups is 1. The van der Waals surface area contributed by atoms with Crippen LogP contribution in [0.15, 0.2) is 24.3 Å². The van der Waals surface area contributed by atoms with Crippen LogP contribution in [0.1, 0.15) is 20.3 Å². The highest BCUT2D eigenvalue weighted by Crippen LogP contribution is 2.62. The van der Waals surface area contributed by atoms with Gasteiger partial charge in [0, 0.05) is 29.2 Å². The first-order valence-corrected chi connectivity index (χ1v) is 8.12. The number of likely N-dealkylation sites (tertiary alicyclic amines) is 1. The van der Waals surface area contributed by atoms with E-state index in [1.54, 1.807) is 12.1 Å². The second-order valence-corrected chi connectivity index (χ2v) is 7.81. The van der Waals surface area contributed by atoms with E-state index in [2.05, 4.69) is 19.2 Å². The predicted octanol–water partition coefficient (Wildman–Crippen LogP) is 2.62. The number of carbonyl (C=O) groups excluding carboxylic acids is 1. The van der Waals surface area contributed by atoms with Crippen molar-refractivity contribution in [3.05, 3.63) is 29.3 Å². The second kappa shape index (κ2) is 5.43. The Balaban J connectivity index is 1.59. The minimum atomic E-state index is -0.0700. The number of nitrogens with one attached hydrogen (secondary N) is 1. The van der Waals surface area contributed by atoms with Crippen LogP contribution < -0.4 is 5.32 Å². The Hall–Kier alpha value is -1.26. The average molecular weight is 323 g/mol. The highest BCUT2D eigenvalue weighted by atomic mass is 35.5. The Bertz CT molecular complexity index is 573. The Morgan fingerprint density at radius 1 is 1.41 bits per heavy atom. The molecule has 1 saturated carbocycles. The summed E-state index contributed by atoms with van der Waals surface area (Å²) in [6.07, 6.45) is 0.996. The first-order chi connectivity index (χ1) is 10.4. The van der Waals surface area contributed by atoms with Crippen LogP contribution in [0, 0.1) is 16.7 Å². The summed E-state index contributed by atoms with van der Waals surface area (Å²) in [5, 5.41) is 13.6. The molecule has 0 bridgehead atoms. The Morgan fingerprint density at radius 3 is 2.64 bits per heavy atom. The summed E-state index contributed by atoms with van der Waals surface area (Å²) in [5.41, 5.74) is 1.04. The first-order valence-electron chi connectivity index (χ1n) is 7.74. The number of nitrogens with zero attached hydrogens (tertiary/aromatic N) is 1. The number of aliphatic hydroxyl groups excluding tert-OH is 1. The molecular formula is C17H23ClN2O2. The summed E-state index contributed by atoms with van der Waals surface area (Å²) in [7, 11) is 0. The van der Waals surface area contributed by atoms with Crippen molar-refractivity contribution in [3.8, 4) is 0 Å². The maximum Gasteiger partial charge on any atom is 0.241 e. The second-order valence-electron chi connectivity index (χ2n) is 7.37. The molecule has 120 valence electrons. The third kappa shape index (κ3) is 2.59. The van der Waals surface area contributed by atoms with Gasteiger partial charge in [-0.05, 0) is 42.0 Å². The highest BCUT2D eigenvalue weighted by molar-refractivity contribution is 6.30. The summed E-state index contributed by atoms with van der Waals surface area (Å²) in [4.78, 5) is 14.3. The SMILES string of the molecule is CC1(C)C[C@]2(CO)CN(C(=O)CNc3ccc(Cl)cc3)C[C@H]12. The molecule has 22 heavy (non-hydrogen) atoms. The molecule has 5 heteroatoms. The van der Waals surface area contributed by atoms with Gasteiger partial charge in [0.2, 0.25) is 5.91 Å². The molecule has 1 heterocycles. The van der Waals surface area contributed by atoms with Crippen LogP contribution in [0.25, 0.3) is 0 Å². The van der Waals surface area contributed by atoms with Crippen LogP contribution in [-0.2, 0) is 4.79 Å². The van der Waals surface area contributed by atoms with Crippen molar-refractivity contribution >= 4 is 23.2 Å². The fourth-order valence-electron chi connectivity index (χ4n) is 4.39. The van der Waals surface area contributed by atoms with Crippen LogP contribution in [-0.4, -0.2) is 42.2 Å². The molecule has 2 aliphatic rings. The van der Waals surface area contributed by atoms with Crippen molar-refractivity contribution in [3.63, 3.8) is 0 Å². The van der Waals surface area contributed by atoms with Gasteiger partial charge in [0.25, 0.3) is 0 Å². The first kappa shape index (κ1) is 15.6. The van der Waals surface area contributed by atoms with Gasteiger partial charge in [0.15, 0.2) is 0 Å². The van der Waals surface area contributed by atoms with Gasteiger partial charge in [0.05, 0.1) is 13.2 Å². The van der Waals surface area contributed by atoms with Crippen molar-refractivity contribution in [2.75, 3.05) is 31.6 Å². The molecule has 0 spiro atoms. The van der Waals surface area contributed by atoms with Gasteiger partial charge in [-0.3, -0.25) is 4.79 Å². The Labute approximate surface area is 136 Å². The smallest absolute Gasteiger partial charge is 0.241 e. The number of aliphatic hydroxyl groups is 1. The van der Waals surface area contributed by atoms with Crippen LogP contribution in [0.4, 0.5) is 5.69 Å². The van der Waals surface area contributed by atoms with Gasteiger partial charge in [0.1, 0.15) is 0 Å². The third-order valence-electron chi connectivity index (χ3n) is 5.35. The van der Waals surface area contributed by atoms with Gasteiger partial charge in [-0.2, -0.15) is 0 Å². The van der Waals surface area contributed by atoms with Gasteiger partial charge in [-0.15, -0.1) is 0 Å². The quantitative estimate of drug-likeness (QED) is 0.896. The largest absolute Gasteiger partial charge is 0.396 e. The fraction of sp³-hybridized carbons (Fsp3) is 0.588. The van der Waals surface area contributed by atoms with E-state index in [1.807, 2.05) is 17.0 Å². The van der Waals surface area contributed by atoms with E-state index in [9.17, 15) is 9.90 Å². The number of hydrogen-bond donors (Lipinski definition) is 2. The lowest BCUT2D eigenvalue weighted by molar-refractivity contribution is -0.128. The summed E-state index contributed by atoms with van der Waals surface area (Å²) < 4.78 is 0. The molecule has 1 aromatic carbocycles. The van der Waals surface area contributed by atoms with E-state index in [4.69, 9.17) is 11.6 Å². The molecule has 2 atom stereocenters. The van der Waals surface area contributed by atoms with Crippen LogP contribution in [0.2, 0.25) is 5.02 Å². The number of benzene rings is 1. The maximum atomic E-state index is 12.4. The molecule has 1 amide bonds. The Kier molecular flexibility index (Phi) is 3.86. The summed E-state index contributed by atoms with van der Waals surface area (Å²) in [6, 6.07) is 7.32. The lowest BCUT2D eigenvalue weighted by atomic mass is 9.48. The normalized spacial score (nSPS) is 28.9. The van der Waals surface area contributed by atoms with Crippen LogP contribution in [0.5, 0.6) is 0 Å². The molecule has 4 nitrogen and oxygen atoms in total. The number of rotatable bonds is 4. The van der Waals surface area contributed by atoms with E-state index in [0.29, 0.717) is 17.5 Å². The molecule has 0 unspecified atom stereocenters. The molecule has 1 saturated heterocycles. The van der Waals surface area contributed by atoms with Crippen LogP contribution >= 0.6 is 11.6 Å². The highest BCUT2D eigenvalue weighted by Gasteiger charge is 2.62. The zero-order valence-electron chi connectivity index (χ0n) is 13.1. The van der Waals surface area contributed by atoms with E-state index in [0.717, 1.165) is 18.7 Å². The molecule has 2 N–H and O–H groups in total. The standard InChI is InChI=1S/C17H23ClN2O2/c1-16(2)9-17(11-21)10-20(8-14(16)17)15(22)7-19-13-5-3-12(18)4-6-13/h3-6,14,19,21H,7-11H2,1-2H3/t14-,17-/m1/s1. The molecular weight excluding hydrogens is 300 g/mol. The molecule has 1 aliphatic heterocycles. The van der Waals surface area contributed by atoms with Gasteiger partial charge < -0.3 is 15.3 Å². The molecule has 2 fully saturated rings. The topological polar surface area (TPSA) is 52.6 Å². The van der Waals surface area contributed by atoms with Gasteiger partial charge in [-0.25, -0.2) is 0 Å². The lowest BCUT2D eigenvalue weighted by Crippen LogP contribution is -2.54. The van der Waals surface area contributed by atoms with E-state index < -0.39 is 0 Å². The minimum Gasteiger partial charge on any atom is -0.396 e. The predicted molar refractivity (Wildman–Crippen MR) is 87.9 cm³/mol. The number of amides is 1. The van der Waals surface area contributed by atoms with E-state index in [-0.39, 0.29) is 29.9 Å². The van der Waals surface area contributed by atoms with Crippen molar-refractivity contribution < 1.29 is 9.90 Å². The number of fused-ring (bicyclic) bond motifs is 1. The van der Waals surface area contributed by atoms with Crippen molar-refractivity contribution in [1.82, 2.24) is 4.90 Å². The number of halogens is 1.